The highest BCUT2D eigenvalue weighted by molar-refractivity contribution is 7.90. The number of aryl methyl sites for hydroxylation is 1. The number of carbonyl (C=O) groups is 1. The first kappa shape index (κ1) is 21.9. The smallest absolute Gasteiger partial charge is 0.298 e. The third-order valence-electron chi connectivity index (χ3n) is 5.89. The van der Waals surface area contributed by atoms with Gasteiger partial charge in [-0.25, -0.2) is 27.1 Å². The molecule has 2 aliphatic rings. The molecular weight excluding hydrogens is 536 g/mol. The van der Waals surface area contributed by atoms with Gasteiger partial charge in [-0.15, -0.1) is 0 Å². The zero-order chi connectivity index (χ0) is 22.6. The predicted octanol–water partition coefficient (Wildman–Crippen LogP) is -1.56. The zero-order valence-electron chi connectivity index (χ0n) is 16.9. The van der Waals surface area contributed by atoms with E-state index in [0.29, 0.717) is 34.1 Å². The summed E-state index contributed by atoms with van der Waals surface area (Å²) < 4.78 is 42.0. The minimum Gasteiger partial charge on any atom is -0.369 e. The molecule has 1 aliphatic carbocycles. The van der Waals surface area contributed by atoms with Crippen LogP contribution in [0.2, 0.25) is 0 Å². The molecule has 1 aromatic carbocycles. The van der Waals surface area contributed by atoms with Crippen molar-refractivity contribution < 1.29 is 40.2 Å². The van der Waals surface area contributed by atoms with Gasteiger partial charge in [-0.05, 0) is 49.4 Å². The molecule has 8 nitrogen and oxygen atoms in total. The van der Waals surface area contributed by atoms with Crippen molar-refractivity contribution in [2.24, 2.45) is 10.7 Å². The Morgan fingerprint density at radius 2 is 2.13 bits per heavy atom. The van der Waals surface area contributed by atoms with Crippen molar-refractivity contribution in [1.82, 2.24) is 9.29 Å². The lowest BCUT2D eigenvalue weighted by Crippen LogP contribution is -3.34. The van der Waals surface area contributed by atoms with Crippen LogP contribution >= 0.6 is 0 Å². The molecular formula is C20H22FIN5O3S+. The second-order valence-electron chi connectivity index (χ2n) is 7.84. The van der Waals surface area contributed by atoms with Gasteiger partial charge in [0.05, 0.1) is 6.20 Å². The molecule has 1 aromatic heterocycles. The number of fused-ring (bicyclic) bond motifs is 3. The van der Waals surface area contributed by atoms with Gasteiger partial charge in [0, 0.05) is 18.8 Å². The first-order valence-corrected chi connectivity index (χ1v) is 12.3. The highest BCUT2D eigenvalue weighted by atomic mass is 127. The molecule has 3 N–H and O–H groups in total. The van der Waals surface area contributed by atoms with Crippen LogP contribution in [0.15, 0.2) is 35.5 Å². The third kappa shape index (κ3) is 3.67. The fraction of sp³-hybridized carbons (Fsp3) is 0.350. The first-order valence-electron chi connectivity index (χ1n) is 9.64. The number of carbonyl (C=O) groups excluding carboxylic acids is 1. The summed E-state index contributed by atoms with van der Waals surface area (Å²) in [4.78, 5) is 21.0. The zero-order valence-corrected chi connectivity index (χ0v) is 20.1. The molecule has 2 aromatic rings. The van der Waals surface area contributed by atoms with Crippen molar-refractivity contribution >= 4 is 27.6 Å². The van der Waals surface area contributed by atoms with Gasteiger partial charge in [-0.1, -0.05) is 6.07 Å². The Kier molecular flexibility index (Phi) is 5.44. The van der Waals surface area contributed by atoms with Crippen LogP contribution in [0.1, 0.15) is 41.4 Å². The van der Waals surface area contributed by atoms with Crippen LogP contribution in [-0.4, -0.2) is 41.9 Å². The Morgan fingerprint density at radius 1 is 1.39 bits per heavy atom. The molecule has 0 radical (unpaired) electrons. The third-order valence-corrected chi connectivity index (χ3v) is 8.90. The predicted molar refractivity (Wildman–Crippen MR) is 111 cm³/mol. The van der Waals surface area contributed by atoms with Gasteiger partial charge in [-0.3, -0.25) is 4.79 Å². The Morgan fingerprint density at radius 3 is 2.84 bits per heavy atom. The molecule has 0 bridgehead atoms. The van der Waals surface area contributed by atoms with Crippen molar-refractivity contribution in [1.29, 1.82) is 0 Å². The summed E-state index contributed by atoms with van der Waals surface area (Å²) in [6, 6.07) is 6.50. The number of rotatable bonds is 2. The van der Waals surface area contributed by atoms with E-state index in [1.54, 1.807) is 41.6 Å². The minimum absolute atomic E-state index is 0.0766. The van der Waals surface area contributed by atoms with Crippen LogP contribution in [0, 0.1) is 9.39 Å². The van der Waals surface area contributed by atoms with Crippen LogP contribution < -0.4 is 33.6 Å². The molecule has 0 saturated heterocycles. The molecule has 0 unspecified atom stereocenters. The molecule has 4 rings (SSSR count). The van der Waals surface area contributed by atoms with Crippen LogP contribution in [0.25, 0.3) is 0 Å². The Balaban J connectivity index is 1.76. The van der Waals surface area contributed by atoms with E-state index >= 15 is 0 Å². The van der Waals surface area contributed by atoms with E-state index in [1.165, 1.54) is 19.3 Å². The highest BCUT2D eigenvalue weighted by Gasteiger charge is 2.51. The molecule has 164 valence electrons. The van der Waals surface area contributed by atoms with E-state index in [0.717, 1.165) is 9.87 Å². The SMILES string of the molecule is CN1C(N)=N[C@]2(C)c3cc(NC(=O)c4ncc([IH+])cc4F)ccc3CCC[C@@H]2S1(=O)=O. The summed E-state index contributed by atoms with van der Waals surface area (Å²) in [6.07, 6.45) is 3.22. The largest absolute Gasteiger partial charge is 0.369 e. The van der Waals surface area contributed by atoms with Crippen molar-refractivity contribution in [3.63, 3.8) is 0 Å². The number of aromatic nitrogens is 1. The van der Waals surface area contributed by atoms with Gasteiger partial charge in [0.25, 0.3) is 28.5 Å². The van der Waals surface area contributed by atoms with Gasteiger partial charge >= 0.3 is 0 Å². The molecule has 0 saturated carbocycles. The van der Waals surface area contributed by atoms with Gasteiger partial charge in [-0.2, -0.15) is 0 Å². The number of hydrogen-bond acceptors (Lipinski definition) is 6. The standard InChI is InChI=1S/C20H21FIN5O3S/c1-20-14-9-13(25-18(28)17-15(21)8-12(22)10-24-17)7-6-11(14)4-3-5-16(20)31(29,30)27(2)19(23)26-20/h6-10,16,22H,3-5H2,1-2H3,(H2-,23,25,26,28)/p+1/t16-,20+/m0/s1. The van der Waals surface area contributed by atoms with Crippen LogP contribution in [-0.2, 0) is 22.0 Å². The Bertz CT molecular complexity index is 1220. The van der Waals surface area contributed by atoms with Crippen LogP contribution in [0.3, 0.4) is 0 Å². The van der Waals surface area contributed by atoms with Crippen molar-refractivity contribution in [2.45, 2.75) is 37.0 Å². The van der Waals surface area contributed by atoms with Crippen molar-refractivity contribution in [3.8, 4) is 0 Å². The number of halogens is 2. The molecule has 1 aliphatic heterocycles. The summed E-state index contributed by atoms with van der Waals surface area (Å²) in [7, 11) is -2.29. The average Bonchev–Trinajstić information content (AvgIpc) is 2.83. The number of nitrogens with one attached hydrogen (secondary N) is 1. The van der Waals surface area contributed by atoms with Gasteiger partial charge in [0.1, 0.15) is 10.8 Å². The number of hydrogen-bond donors (Lipinski definition) is 2. The quantitative estimate of drug-likeness (QED) is 0.433. The normalized spacial score (nSPS) is 24.5. The van der Waals surface area contributed by atoms with Gasteiger partial charge in [0.2, 0.25) is 19.6 Å². The molecule has 1 amide bonds. The summed E-state index contributed by atoms with van der Waals surface area (Å²) in [5, 5.41) is 1.89. The summed E-state index contributed by atoms with van der Waals surface area (Å²) in [5.74, 6) is -1.47. The summed E-state index contributed by atoms with van der Waals surface area (Å²) >= 11 is 1.61. The molecule has 2 atom stereocenters. The number of anilines is 1. The molecule has 2 heterocycles. The lowest BCUT2D eigenvalue weighted by atomic mass is 9.86. The van der Waals surface area contributed by atoms with Crippen LogP contribution in [0.4, 0.5) is 10.1 Å². The number of benzene rings is 1. The number of nitrogens with zero attached hydrogens (tertiary/aromatic N) is 3. The van der Waals surface area contributed by atoms with E-state index in [4.69, 9.17) is 5.73 Å². The second-order valence-corrected chi connectivity index (χ2v) is 11.3. The number of guanidine groups is 1. The minimum atomic E-state index is -3.69. The van der Waals surface area contributed by atoms with Crippen molar-refractivity contribution in [3.05, 3.63) is 56.7 Å². The summed E-state index contributed by atoms with van der Waals surface area (Å²) in [6.45, 7) is 1.76. The molecule has 0 spiro atoms. The molecule has 31 heavy (non-hydrogen) atoms. The maximum Gasteiger partial charge on any atom is 0.298 e. The highest BCUT2D eigenvalue weighted by Crippen LogP contribution is 2.44. The lowest BCUT2D eigenvalue weighted by molar-refractivity contribution is -0.329. The monoisotopic (exact) mass is 558 g/mol. The van der Waals surface area contributed by atoms with E-state index < -0.39 is 32.5 Å². The number of amides is 1. The Hall–Kier alpha value is -2.28. The number of sulfonamides is 1. The average molecular weight is 558 g/mol. The van der Waals surface area contributed by atoms with E-state index in [1.807, 2.05) is 6.07 Å². The van der Waals surface area contributed by atoms with Crippen molar-refractivity contribution in [2.75, 3.05) is 12.4 Å². The van der Waals surface area contributed by atoms with Gasteiger partial charge < -0.3 is 11.1 Å². The topological polar surface area (TPSA) is 118 Å². The number of aliphatic imine (C=N–C) groups is 1. The molecule has 11 heteroatoms. The fourth-order valence-electron chi connectivity index (χ4n) is 4.25. The maximum absolute atomic E-state index is 14.2. The summed E-state index contributed by atoms with van der Waals surface area (Å²) in [5.41, 5.74) is 6.57. The lowest BCUT2D eigenvalue weighted by Gasteiger charge is -2.41. The van der Waals surface area contributed by atoms with Crippen LogP contribution in [0.5, 0.6) is 0 Å². The Labute approximate surface area is 193 Å². The number of pyridine rings is 1. The number of nitrogens with two attached hydrogens (primary N) is 1. The van der Waals surface area contributed by atoms with Gasteiger partial charge in [0.15, 0.2) is 11.5 Å². The van der Waals surface area contributed by atoms with E-state index in [-0.39, 0.29) is 11.7 Å². The maximum atomic E-state index is 14.2. The van der Waals surface area contributed by atoms with E-state index in [9.17, 15) is 17.6 Å². The molecule has 0 fully saturated rings. The fourth-order valence-corrected chi connectivity index (χ4v) is 6.61. The van der Waals surface area contributed by atoms with E-state index in [2.05, 4.69) is 15.3 Å². The second kappa shape index (κ2) is 7.69. The first-order chi connectivity index (χ1) is 14.5.